The Balaban J connectivity index is 1.81. The van der Waals surface area contributed by atoms with Crippen LogP contribution in [0.4, 0.5) is 0 Å². The Morgan fingerprint density at radius 2 is 1.21 bits per heavy atom. The summed E-state index contributed by atoms with van der Waals surface area (Å²) in [4.78, 5) is 0. The molecule has 0 amide bonds. The minimum Gasteiger partial charge on any atom is -0.155 e. The SMILES string of the molecule is CCCCCCCCCCCCCCCCCCSC1(C)CC=C(C(C)C)CC1. The fourth-order valence-electron chi connectivity index (χ4n) is 4.58. The monoisotopic (exact) mass is 422 g/mol. The predicted molar refractivity (Wildman–Crippen MR) is 137 cm³/mol. The summed E-state index contributed by atoms with van der Waals surface area (Å²) in [6.45, 7) is 9.49. The number of allylic oxidation sites excluding steroid dienone is 2. The third-order valence-corrected chi connectivity index (χ3v) is 8.49. The molecule has 1 heteroatoms. The molecule has 1 aliphatic carbocycles. The highest BCUT2D eigenvalue weighted by Gasteiger charge is 2.27. The van der Waals surface area contributed by atoms with E-state index in [4.69, 9.17) is 0 Å². The zero-order chi connectivity index (χ0) is 21.2. The molecule has 0 aromatic heterocycles. The van der Waals surface area contributed by atoms with E-state index in [0.717, 1.165) is 5.92 Å². The molecule has 1 unspecified atom stereocenters. The van der Waals surface area contributed by atoms with Gasteiger partial charge in [-0.05, 0) is 37.4 Å². The molecule has 0 N–H and O–H groups in total. The van der Waals surface area contributed by atoms with Crippen LogP contribution in [-0.4, -0.2) is 10.5 Å². The molecule has 0 nitrogen and oxygen atoms in total. The van der Waals surface area contributed by atoms with Gasteiger partial charge in [-0.25, -0.2) is 0 Å². The van der Waals surface area contributed by atoms with Gasteiger partial charge >= 0.3 is 0 Å². The maximum Gasteiger partial charge on any atom is 0.0169 e. The van der Waals surface area contributed by atoms with Gasteiger partial charge in [-0.1, -0.05) is 136 Å². The highest BCUT2D eigenvalue weighted by atomic mass is 32.2. The van der Waals surface area contributed by atoms with E-state index in [1.54, 1.807) is 5.57 Å². The van der Waals surface area contributed by atoms with Gasteiger partial charge in [-0.15, -0.1) is 0 Å². The molecule has 0 spiro atoms. The van der Waals surface area contributed by atoms with Crippen LogP contribution in [0.15, 0.2) is 11.6 Å². The normalized spacial score (nSPS) is 19.7. The Labute approximate surface area is 189 Å². The van der Waals surface area contributed by atoms with Crippen molar-refractivity contribution in [2.24, 2.45) is 5.92 Å². The Bertz CT molecular complexity index is 397. The van der Waals surface area contributed by atoms with Crippen LogP contribution < -0.4 is 0 Å². The molecule has 29 heavy (non-hydrogen) atoms. The van der Waals surface area contributed by atoms with Crippen molar-refractivity contribution < 1.29 is 0 Å². The number of hydrogen-bond acceptors (Lipinski definition) is 1. The average molecular weight is 423 g/mol. The van der Waals surface area contributed by atoms with Crippen molar-refractivity contribution in [1.82, 2.24) is 0 Å². The lowest BCUT2D eigenvalue weighted by Crippen LogP contribution is -2.24. The Hall–Kier alpha value is 0.0900. The summed E-state index contributed by atoms with van der Waals surface area (Å²) in [5, 5.41) is 0. The van der Waals surface area contributed by atoms with Crippen LogP contribution in [0, 0.1) is 5.92 Å². The molecule has 0 saturated carbocycles. The van der Waals surface area contributed by atoms with Crippen LogP contribution >= 0.6 is 11.8 Å². The molecular formula is C28H54S. The van der Waals surface area contributed by atoms with Gasteiger partial charge in [0.05, 0.1) is 0 Å². The fraction of sp³-hybridized carbons (Fsp3) is 0.929. The standard InChI is InChI=1S/C28H54S/c1-5-6-7-8-9-10-11-12-13-14-15-16-17-18-19-20-25-29-28(4)23-21-27(22-24-28)26(2)3/h21,26H,5-20,22-25H2,1-4H3. The molecule has 1 aliphatic rings. The topological polar surface area (TPSA) is 0 Å². The third-order valence-electron chi connectivity index (χ3n) is 6.93. The van der Waals surface area contributed by atoms with Gasteiger partial charge in [0.25, 0.3) is 0 Å². The summed E-state index contributed by atoms with van der Waals surface area (Å²) >= 11 is 2.26. The van der Waals surface area contributed by atoms with Crippen LogP contribution in [0.5, 0.6) is 0 Å². The highest BCUT2D eigenvalue weighted by molar-refractivity contribution is 8.00. The quantitative estimate of drug-likeness (QED) is 0.147. The summed E-state index contributed by atoms with van der Waals surface area (Å²) < 4.78 is 0.522. The largest absolute Gasteiger partial charge is 0.155 e. The van der Waals surface area contributed by atoms with Gasteiger partial charge in [-0.2, -0.15) is 11.8 Å². The predicted octanol–water partition coefficient (Wildman–Crippen LogP) is 10.5. The Morgan fingerprint density at radius 3 is 1.59 bits per heavy atom. The molecule has 0 aromatic carbocycles. The summed E-state index contributed by atoms with van der Waals surface area (Å²) in [7, 11) is 0. The van der Waals surface area contributed by atoms with E-state index in [2.05, 4.69) is 45.5 Å². The lowest BCUT2D eigenvalue weighted by Gasteiger charge is -2.33. The second kappa shape index (κ2) is 17.7. The summed E-state index contributed by atoms with van der Waals surface area (Å²) in [6, 6.07) is 0. The zero-order valence-electron chi connectivity index (χ0n) is 20.7. The van der Waals surface area contributed by atoms with Crippen LogP contribution in [0.1, 0.15) is 150 Å². The molecule has 1 atom stereocenters. The number of rotatable bonds is 19. The van der Waals surface area contributed by atoms with Crippen molar-refractivity contribution in [2.45, 2.75) is 154 Å². The summed E-state index contributed by atoms with van der Waals surface area (Å²) in [6.07, 6.45) is 30.0. The minimum atomic E-state index is 0.522. The van der Waals surface area contributed by atoms with Crippen LogP contribution in [-0.2, 0) is 0 Å². The van der Waals surface area contributed by atoms with Crippen LogP contribution in [0.2, 0.25) is 0 Å². The van der Waals surface area contributed by atoms with E-state index in [0.29, 0.717) is 4.75 Å². The molecule has 0 bridgehead atoms. The van der Waals surface area contributed by atoms with Crippen LogP contribution in [0.25, 0.3) is 0 Å². The second-order valence-electron chi connectivity index (χ2n) is 10.2. The summed E-state index contributed by atoms with van der Waals surface area (Å²) in [5.74, 6) is 2.13. The molecule has 0 aromatic rings. The van der Waals surface area contributed by atoms with E-state index in [1.807, 2.05) is 0 Å². The third kappa shape index (κ3) is 14.7. The van der Waals surface area contributed by atoms with E-state index in [9.17, 15) is 0 Å². The van der Waals surface area contributed by atoms with Gasteiger partial charge in [0.15, 0.2) is 0 Å². The minimum absolute atomic E-state index is 0.522. The maximum absolute atomic E-state index is 2.55. The van der Waals surface area contributed by atoms with E-state index in [1.165, 1.54) is 128 Å². The molecule has 0 aliphatic heterocycles. The van der Waals surface area contributed by atoms with Crippen molar-refractivity contribution in [2.75, 3.05) is 5.75 Å². The van der Waals surface area contributed by atoms with E-state index >= 15 is 0 Å². The van der Waals surface area contributed by atoms with Gasteiger partial charge < -0.3 is 0 Å². The molecule has 1 rings (SSSR count). The zero-order valence-corrected chi connectivity index (χ0v) is 21.5. The molecule has 0 saturated heterocycles. The molecule has 0 fully saturated rings. The van der Waals surface area contributed by atoms with Gasteiger partial charge in [0.1, 0.15) is 0 Å². The first-order valence-corrected chi connectivity index (χ1v) is 14.4. The van der Waals surface area contributed by atoms with Crippen molar-refractivity contribution in [3.8, 4) is 0 Å². The number of unbranched alkanes of at least 4 members (excludes halogenated alkanes) is 15. The van der Waals surface area contributed by atoms with Crippen molar-refractivity contribution in [3.63, 3.8) is 0 Å². The Kier molecular flexibility index (Phi) is 16.6. The molecule has 0 radical (unpaired) electrons. The highest BCUT2D eigenvalue weighted by Crippen LogP contribution is 2.40. The second-order valence-corrected chi connectivity index (χ2v) is 11.9. The average Bonchev–Trinajstić information content (AvgIpc) is 2.70. The van der Waals surface area contributed by atoms with Gasteiger partial charge in [-0.3, -0.25) is 0 Å². The van der Waals surface area contributed by atoms with Crippen molar-refractivity contribution in [1.29, 1.82) is 0 Å². The van der Waals surface area contributed by atoms with Gasteiger partial charge in [0, 0.05) is 4.75 Å². The van der Waals surface area contributed by atoms with Crippen LogP contribution in [0.3, 0.4) is 0 Å². The smallest absolute Gasteiger partial charge is 0.0169 e. The first kappa shape index (κ1) is 27.1. The lowest BCUT2D eigenvalue weighted by molar-refractivity contribution is 0.527. The Morgan fingerprint density at radius 1 is 0.759 bits per heavy atom. The first-order valence-electron chi connectivity index (χ1n) is 13.4. The van der Waals surface area contributed by atoms with Crippen molar-refractivity contribution in [3.05, 3.63) is 11.6 Å². The number of hydrogen-bond donors (Lipinski definition) is 0. The first-order chi connectivity index (χ1) is 14.1. The summed E-state index contributed by atoms with van der Waals surface area (Å²) in [5.41, 5.74) is 1.70. The lowest BCUT2D eigenvalue weighted by atomic mass is 9.85. The van der Waals surface area contributed by atoms with E-state index in [-0.39, 0.29) is 0 Å². The van der Waals surface area contributed by atoms with Crippen molar-refractivity contribution >= 4 is 11.8 Å². The van der Waals surface area contributed by atoms with E-state index < -0.39 is 0 Å². The van der Waals surface area contributed by atoms with Gasteiger partial charge in [0.2, 0.25) is 0 Å². The molecule has 0 heterocycles. The number of thioether (sulfide) groups is 1. The molecule has 172 valence electrons. The fourth-order valence-corrected chi connectivity index (χ4v) is 5.87. The molecular weight excluding hydrogens is 368 g/mol. The maximum atomic E-state index is 2.55.